The normalized spacial score (nSPS) is 11.5. The molecule has 0 radical (unpaired) electrons. The van der Waals surface area contributed by atoms with Gasteiger partial charge in [-0.05, 0) is 17.7 Å². The van der Waals surface area contributed by atoms with E-state index in [0.29, 0.717) is 21.9 Å². The molecule has 0 aliphatic carbocycles. The Balaban J connectivity index is 2.27. The average molecular weight is 362 g/mol. The first kappa shape index (κ1) is 17.7. The summed E-state index contributed by atoms with van der Waals surface area (Å²) in [7, 11) is 0. The molecule has 3 rings (SSSR count). The summed E-state index contributed by atoms with van der Waals surface area (Å²) < 4.78 is 35.7. The molecule has 1 heterocycles. The first-order chi connectivity index (χ1) is 12.4. The molecule has 3 aromatic rings. The summed E-state index contributed by atoms with van der Waals surface area (Å²) in [5.74, 6) is -1.95. The van der Waals surface area contributed by atoms with E-state index in [0.717, 1.165) is 0 Å². The number of primary amides is 2. The Morgan fingerprint density at radius 2 is 1.69 bits per heavy atom. The fourth-order valence-corrected chi connectivity index (χ4v) is 3.14. The zero-order valence-corrected chi connectivity index (χ0v) is 13.6. The van der Waals surface area contributed by atoms with Gasteiger partial charge >= 0.3 is 6.61 Å². The molecule has 0 saturated carbocycles. The van der Waals surface area contributed by atoms with Crippen LogP contribution in [0.1, 0.15) is 24.3 Å². The maximum absolute atomic E-state index is 12.7. The molecule has 1 aromatic heterocycles. The number of ether oxygens (including phenoxy) is 1. The molecule has 0 spiro atoms. The van der Waals surface area contributed by atoms with Crippen LogP contribution in [0.2, 0.25) is 0 Å². The minimum atomic E-state index is -3.02. The number of benzene rings is 2. The Labute approximate surface area is 146 Å². The van der Waals surface area contributed by atoms with Crippen LogP contribution < -0.4 is 16.2 Å². The van der Waals surface area contributed by atoms with Gasteiger partial charge in [-0.1, -0.05) is 24.3 Å². The van der Waals surface area contributed by atoms with E-state index >= 15 is 0 Å². The standard InChI is InChI=1S/C18H16F2N2O4/c19-18(20)26-13-6-5-10(9(7-14(21)23)8-15(22)24)16-11-3-1-2-4-12(11)25-17(13)16/h1-6,9,18H,7-8H2,(H2,21,23)(H2,22,24). The maximum Gasteiger partial charge on any atom is 0.387 e. The summed E-state index contributed by atoms with van der Waals surface area (Å²) in [5.41, 5.74) is 11.7. The van der Waals surface area contributed by atoms with E-state index < -0.39 is 24.3 Å². The first-order valence-electron chi connectivity index (χ1n) is 7.82. The molecule has 8 heteroatoms. The van der Waals surface area contributed by atoms with Gasteiger partial charge in [0.1, 0.15) is 5.58 Å². The second-order valence-corrected chi connectivity index (χ2v) is 5.87. The fourth-order valence-electron chi connectivity index (χ4n) is 3.14. The Kier molecular flexibility index (Phi) is 4.75. The molecule has 2 aromatic carbocycles. The molecule has 0 aliphatic rings. The van der Waals surface area contributed by atoms with Crippen LogP contribution in [-0.2, 0) is 9.59 Å². The molecule has 4 N–H and O–H groups in total. The number of halogens is 2. The third-order valence-corrected chi connectivity index (χ3v) is 4.07. The SMILES string of the molecule is NC(=O)CC(CC(N)=O)c1ccc(OC(F)F)c2oc3ccccc3c12. The van der Waals surface area contributed by atoms with Crippen LogP contribution in [0.5, 0.6) is 5.75 Å². The number of carbonyl (C=O) groups excluding carboxylic acids is 2. The van der Waals surface area contributed by atoms with Crippen LogP contribution in [0.3, 0.4) is 0 Å². The zero-order valence-electron chi connectivity index (χ0n) is 13.6. The Morgan fingerprint density at radius 1 is 1.04 bits per heavy atom. The number of hydrogen-bond acceptors (Lipinski definition) is 4. The van der Waals surface area contributed by atoms with Crippen LogP contribution in [0.25, 0.3) is 21.9 Å². The van der Waals surface area contributed by atoms with Gasteiger partial charge < -0.3 is 20.6 Å². The predicted molar refractivity (Wildman–Crippen MR) is 90.7 cm³/mol. The highest BCUT2D eigenvalue weighted by Gasteiger charge is 2.24. The molecule has 0 atom stereocenters. The van der Waals surface area contributed by atoms with E-state index in [1.165, 1.54) is 12.1 Å². The number of alkyl halides is 2. The molecule has 2 amide bonds. The molecule has 0 unspecified atom stereocenters. The third kappa shape index (κ3) is 3.44. The number of para-hydroxylation sites is 1. The largest absolute Gasteiger partial charge is 0.452 e. The average Bonchev–Trinajstić information content (AvgIpc) is 2.93. The fraction of sp³-hybridized carbons (Fsp3) is 0.222. The minimum Gasteiger partial charge on any atom is -0.452 e. The summed E-state index contributed by atoms with van der Waals surface area (Å²) in [6.45, 7) is -3.02. The zero-order chi connectivity index (χ0) is 18.8. The van der Waals surface area contributed by atoms with Gasteiger partial charge in [0, 0.05) is 29.5 Å². The monoisotopic (exact) mass is 362 g/mol. The van der Waals surface area contributed by atoms with Crippen molar-refractivity contribution in [1.29, 1.82) is 0 Å². The molecule has 26 heavy (non-hydrogen) atoms. The molecule has 0 saturated heterocycles. The molecule has 6 nitrogen and oxygen atoms in total. The van der Waals surface area contributed by atoms with Crippen molar-refractivity contribution in [3.8, 4) is 5.75 Å². The van der Waals surface area contributed by atoms with E-state index in [2.05, 4.69) is 4.74 Å². The molecular weight excluding hydrogens is 346 g/mol. The molecule has 0 bridgehead atoms. The quantitative estimate of drug-likeness (QED) is 0.673. The van der Waals surface area contributed by atoms with Crippen molar-refractivity contribution in [2.45, 2.75) is 25.4 Å². The summed E-state index contributed by atoms with van der Waals surface area (Å²) in [6.07, 6.45) is -0.237. The van der Waals surface area contributed by atoms with Crippen molar-refractivity contribution in [3.05, 3.63) is 42.0 Å². The highest BCUT2D eigenvalue weighted by Crippen LogP contribution is 2.41. The summed E-state index contributed by atoms with van der Waals surface area (Å²) in [6, 6.07) is 9.78. The van der Waals surface area contributed by atoms with Crippen molar-refractivity contribution in [2.24, 2.45) is 11.5 Å². The van der Waals surface area contributed by atoms with Crippen molar-refractivity contribution < 1.29 is 27.5 Å². The van der Waals surface area contributed by atoms with Crippen LogP contribution in [-0.4, -0.2) is 18.4 Å². The van der Waals surface area contributed by atoms with Crippen molar-refractivity contribution >= 4 is 33.8 Å². The lowest BCUT2D eigenvalue weighted by Gasteiger charge is -2.16. The van der Waals surface area contributed by atoms with Gasteiger partial charge in [-0.15, -0.1) is 0 Å². The smallest absolute Gasteiger partial charge is 0.387 e. The van der Waals surface area contributed by atoms with Crippen LogP contribution in [0, 0.1) is 0 Å². The Morgan fingerprint density at radius 3 is 2.31 bits per heavy atom. The number of furan rings is 1. The highest BCUT2D eigenvalue weighted by molar-refractivity contribution is 6.09. The summed E-state index contributed by atoms with van der Waals surface area (Å²) in [4.78, 5) is 22.9. The van der Waals surface area contributed by atoms with Gasteiger partial charge in [-0.25, -0.2) is 0 Å². The summed E-state index contributed by atoms with van der Waals surface area (Å²) >= 11 is 0. The molecule has 0 fully saturated rings. The van der Waals surface area contributed by atoms with E-state index in [9.17, 15) is 18.4 Å². The lowest BCUT2D eigenvalue weighted by Crippen LogP contribution is -2.21. The van der Waals surface area contributed by atoms with Crippen molar-refractivity contribution in [2.75, 3.05) is 0 Å². The number of hydrogen-bond donors (Lipinski definition) is 2. The van der Waals surface area contributed by atoms with Gasteiger partial charge in [-0.2, -0.15) is 8.78 Å². The second kappa shape index (κ2) is 6.99. The minimum absolute atomic E-state index is 0.114. The molecule has 0 aliphatic heterocycles. The topological polar surface area (TPSA) is 109 Å². The number of fused-ring (bicyclic) bond motifs is 3. The lowest BCUT2D eigenvalue weighted by atomic mass is 9.88. The van der Waals surface area contributed by atoms with E-state index in [1.54, 1.807) is 24.3 Å². The number of nitrogens with two attached hydrogens (primary N) is 2. The lowest BCUT2D eigenvalue weighted by molar-refractivity contribution is -0.119. The molecule has 136 valence electrons. The maximum atomic E-state index is 12.7. The number of carbonyl (C=O) groups is 2. The van der Waals surface area contributed by atoms with Crippen LogP contribution in [0.4, 0.5) is 8.78 Å². The van der Waals surface area contributed by atoms with Gasteiger partial charge in [0.25, 0.3) is 0 Å². The van der Waals surface area contributed by atoms with Crippen LogP contribution in [0.15, 0.2) is 40.8 Å². The van der Waals surface area contributed by atoms with Gasteiger partial charge in [0.2, 0.25) is 11.8 Å². The van der Waals surface area contributed by atoms with E-state index in [1.807, 2.05) is 0 Å². The van der Waals surface area contributed by atoms with Gasteiger partial charge in [0.15, 0.2) is 11.3 Å². The number of rotatable bonds is 7. The highest BCUT2D eigenvalue weighted by atomic mass is 19.3. The number of amides is 2. The predicted octanol–water partition coefficient (Wildman–Crippen LogP) is 3.02. The Hall–Kier alpha value is -3.16. The van der Waals surface area contributed by atoms with Crippen molar-refractivity contribution in [1.82, 2.24) is 0 Å². The molecular formula is C18H16F2N2O4. The van der Waals surface area contributed by atoms with E-state index in [4.69, 9.17) is 15.9 Å². The van der Waals surface area contributed by atoms with Crippen molar-refractivity contribution in [3.63, 3.8) is 0 Å². The third-order valence-electron chi connectivity index (χ3n) is 4.07. The second-order valence-electron chi connectivity index (χ2n) is 5.87. The van der Waals surface area contributed by atoms with Crippen LogP contribution >= 0.6 is 0 Å². The first-order valence-corrected chi connectivity index (χ1v) is 7.82. The summed E-state index contributed by atoms with van der Waals surface area (Å²) in [5, 5.41) is 1.14. The van der Waals surface area contributed by atoms with E-state index in [-0.39, 0.29) is 24.2 Å². The van der Waals surface area contributed by atoms with Gasteiger partial charge in [-0.3, -0.25) is 9.59 Å². The van der Waals surface area contributed by atoms with Gasteiger partial charge in [0.05, 0.1) is 0 Å². The Bertz CT molecular complexity index is 968.